The van der Waals surface area contributed by atoms with Gasteiger partial charge in [-0.25, -0.2) is 0 Å². The predicted octanol–water partition coefficient (Wildman–Crippen LogP) is 4.14. The van der Waals surface area contributed by atoms with Crippen LogP contribution in [0.5, 0.6) is 0 Å². The van der Waals surface area contributed by atoms with Crippen LogP contribution >= 0.6 is 19.1 Å². The summed E-state index contributed by atoms with van der Waals surface area (Å²) in [5.74, 6) is 0. The summed E-state index contributed by atoms with van der Waals surface area (Å²) in [6, 6.07) is 8.06. The molecule has 94 valence electrons. The van der Waals surface area contributed by atoms with Gasteiger partial charge in [-0.2, -0.15) is 0 Å². The Labute approximate surface area is 118 Å². The molecule has 0 spiro atoms. The molecule has 0 fully saturated rings. The van der Waals surface area contributed by atoms with Gasteiger partial charge in [0.15, 0.2) is 0 Å². The summed E-state index contributed by atoms with van der Waals surface area (Å²) in [5.41, 5.74) is 4.29. The van der Waals surface area contributed by atoms with Gasteiger partial charge in [0.2, 0.25) is 0 Å². The van der Waals surface area contributed by atoms with E-state index in [0.717, 1.165) is 11.4 Å². The predicted molar refractivity (Wildman–Crippen MR) is 68.6 cm³/mol. The number of hydrogen-bond donors (Lipinski definition) is 0. The molecule has 2 aromatic rings. The van der Waals surface area contributed by atoms with Crippen molar-refractivity contribution in [3.8, 4) is 11.4 Å². The van der Waals surface area contributed by atoms with Crippen LogP contribution in [0, 0.1) is 13.8 Å². The third-order valence-electron chi connectivity index (χ3n) is 2.09. The molecule has 0 aliphatic rings. The summed E-state index contributed by atoms with van der Waals surface area (Å²) in [5, 5.41) is 0. The Balaban J connectivity index is 0.000000437. The molecule has 0 amide bonds. The van der Waals surface area contributed by atoms with E-state index in [-0.39, 0.29) is 15.9 Å². The van der Waals surface area contributed by atoms with Gasteiger partial charge in [0.25, 0.3) is 0 Å². The summed E-state index contributed by atoms with van der Waals surface area (Å²) >= 11 is -0.106. The average Bonchev–Trinajstić information content (AvgIpc) is 2.30. The molecular formula is C12H12Cl2N2Pd. The maximum absolute atomic E-state index is 4.81. The second-order valence-electron chi connectivity index (χ2n) is 3.48. The van der Waals surface area contributed by atoms with Crippen molar-refractivity contribution in [1.29, 1.82) is 0 Å². The molecular weight excluding hydrogens is 349 g/mol. The molecule has 0 aliphatic carbocycles. The molecule has 0 saturated heterocycles. The number of pyridine rings is 2. The normalized spacial score (nSPS) is 9.65. The van der Waals surface area contributed by atoms with E-state index in [4.69, 9.17) is 19.1 Å². The van der Waals surface area contributed by atoms with E-state index in [1.54, 1.807) is 0 Å². The first-order valence-corrected chi connectivity index (χ1v) is 8.85. The molecule has 0 aromatic carbocycles. The third kappa shape index (κ3) is 5.14. The molecule has 0 saturated carbocycles. The summed E-state index contributed by atoms with van der Waals surface area (Å²) in [6.45, 7) is 4.11. The summed E-state index contributed by atoms with van der Waals surface area (Å²) in [7, 11) is 9.63. The van der Waals surface area contributed by atoms with Crippen molar-refractivity contribution in [3.05, 3.63) is 47.8 Å². The van der Waals surface area contributed by atoms with Crippen LogP contribution in [0.4, 0.5) is 0 Å². The van der Waals surface area contributed by atoms with Crippen LogP contribution in [0.15, 0.2) is 36.7 Å². The van der Waals surface area contributed by atoms with Crippen LogP contribution in [-0.2, 0) is 15.9 Å². The molecule has 17 heavy (non-hydrogen) atoms. The Hall–Kier alpha value is -0.458. The fourth-order valence-electron chi connectivity index (χ4n) is 1.35. The zero-order chi connectivity index (χ0) is 12.7. The first kappa shape index (κ1) is 14.6. The van der Waals surface area contributed by atoms with Gasteiger partial charge >= 0.3 is 35.0 Å². The van der Waals surface area contributed by atoms with Crippen molar-refractivity contribution in [2.75, 3.05) is 0 Å². The molecule has 0 atom stereocenters. The Bertz CT molecular complexity index is 434. The van der Waals surface area contributed by atoms with Crippen LogP contribution in [0.25, 0.3) is 11.4 Å². The van der Waals surface area contributed by atoms with Crippen molar-refractivity contribution in [2.24, 2.45) is 0 Å². The summed E-state index contributed by atoms with van der Waals surface area (Å²) in [6.07, 6.45) is 3.63. The van der Waals surface area contributed by atoms with Crippen LogP contribution in [0.2, 0.25) is 0 Å². The fourth-order valence-corrected chi connectivity index (χ4v) is 1.35. The molecule has 2 heterocycles. The molecule has 0 aliphatic heterocycles. The minimum absolute atomic E-state index is 0.106. The van der Waals surface area contributed by atoms with Gasteiger partial charge < -0.3 is 0 Å². The van der Waals surface area contributed by atoms with Crippen molar-refractivity contribution in [2.45, 2.75) is 13.8 Å². The molecule has 5 heteroatoms. The average molecular weight is 362 g/mol. The van der Waals surface area contributed by atoms with Crippen molar-refractivity contribution >= 4 is 19.1 Å². The Kier molecular flexibility index (Phi) is 6.69. The van der Waals surface area contributed by atoms with E-state index in [2.05, 4.69) is 23.8 Å². The maximum atomic E-state index is 4.81. The Morgan fingerprint density at radius 1 is 0.882 bits per heavy atom. The molecule has 0 bridgehead atoms. The third-order valence-corrected chi connectivity index (χ3v) is 2.09. The van der Waals surface area contributed by atoms with Crippen molar-refractivity contribution in [3.63, 3.8) is 0 Å². The molecule has 0 N–H and O–H groups in total. The zero-order valence-electron chi connectivity index (χ0n) is 9.43. The van der Waals surface area contributed by atoms with E-state index in [1.165, 1.54) is 11.1 Å². The summed E-state index contributed by atoms with van der Waals surface area (Å²) in [4.78, 5) is 8.58. The first-order valence-electron chi connectivity index (χ1n) is 4.85. The molecule has 2 rings (SSSR count). The molecule has 0 radical (unpaired) electrons. The quantitative estimate of drug-likeness (QED) is 0.714. The monoisotopic (exact) mass is 360 g/mol. The second-order valence-corrected chi connectivity index (χ2v) is 5.84. The zero-order valence-corrected chi connectivity index (χ0v) is 12.5. The van der Waals surface area contributed by atoms with E-state index in [1.807, 2.05) is 36.7 Å². The second kappa shape index (κ2) is 7.79. The number of aromatic nitrogens is 2. The van der Waals surface area contributed by atoms with E-state index < -0.39 is 0 Å². The number of rotatable bonds is 1. The van der Waals surface area contributed by atoms with Crippen molar-refractivity contribution in [1.82, 2.24) is 9.97 Å². The van der Waals surface area contributed by atoms with Gasteiger partial charge in [-0.1, -0.05) is 0 Å². The molecule has 0 unspecified atom stereocenters. The molecule has 2 aromatic heterocycles. The van der Waals surface area contributed by atoms with Crippen LogP contribution in [-0.4, -0.2) is 9.97 Å². The van der Waals surface area contributed by atoms with E-state index >= 15 is 0 Å². The minimum atomic E-state index is -0.106. The first-order chi connectivity index (χ1) is 8.17. The Morgan fingerprint density at radius 2 is 1.24 bits per heavy atom. The van der Waals surface area contributed by atoms with Gasteiger partial charge in [0.1, 0.15) is 0 Å². The van der Waals surface area contributed by atoms with Gasteiger partial charge in [-0.3, -0.25) is 9.97 Å². The van der Waals surface area contributed by atoms with Crippen molar-refractivity contribution < 1.29 is 15.9 Å². The number of halogens is 2. The van der Waals surface area contributed by atoms with Gasteiger partial charge in [0.05, 0.1) is 11.4 Å². The van der Waals surface area contributed by atoms with Crippen LogP contribution in [0.3, 0.4) is 0 Å². The van der Waals surface area contributed by atoms with E-state index in [9.17, 15) is 0 Å². The van der Waals surface area contributed by atoms with Gasteiger partial charge in [0, 0.05) is 12.4 Å². The summed E-state index contributed by atoms with van der Waals surface area (Å²) < 4.78 is 0. The number of aryl methyl sites for hydroxylation is 2. The van der Waals surface area contributed by atoms with E-state index in [0.29, 0.717) is 0 Å². The SMILES string of the molecule is Cc1ccnc(-c2cc(C)ccn2)c1.[Cl][Pd][Cl]. The number of nitrogens with zero attached hydrogens (tertiary/aromatic N) is 2. The Morgan fingerprint density at radius 3 is 1.53 bits per heavy atom. The van der Waals surface area contributed by atoms with Crippen LogP contribution < -0.4 is 0 Å². The number of hydrogen-bond acceptors (Lipinski definition) is 2. The molecule has 2 nitrogen and oxygen atoms in total. The topological polar surface area (TPSA) is 25.8 Å². The fraction of sp³-hybridized carbons (Fsp3) is 0.167. The van der Waals surface area contributed by atoms with Gasteiger partial charge in [-0.05, 0) is 49.2 Å². The standard InChI is InChI=1S/C12H12N2.2ClH.Pd/c1-9-3-5-13-11(7-9)12-8-10(2)4-6-14-12;;;/h3-8H,1-2H3;2*1H;/q;;;+2/p-2. The van der Waals surface area contributed by atoms with Gasteiger partial charge in [-0.15, -0.1) is 0 Å². The van der Waals surface area contributed by atoms with Crippen LogP contribution in [0.1, 0.15) is 11.1 Å².